The molecular weight excluding hydrogens is 319 g/mol. The molecule has 4 nitrogen and oxygen atoms in total. The molecule has 0 bridgehead atoms. The van der Waals surface area contributed by atoms with Gasteiger partial charge < -0.3 is 10.2 Å². The summed E-state index contributed by atoms with van der Waals surface area (Å²) in [6, 6.07) is 11.2. The number of nitrogens with one attached hydrogen (secondary N) is 1. The van der Waals surface area contributed by atoms with Gasteiger partial charge in [-0.05, 0) is 61.2 Å². The molecule has 1 aliphatic heterocycles. The third-order valence-electron chi connectivity index (χ3n) is 4.62. The highest BCUT2D eigenvalue weighted by Gasteiger charge is 2.33. The average Bonchev–Trinajstić information content (AvgIpc) is 2.93. The van der Waals surface area contributed by atoms with Gasteiger partial charge in [0.25, 0.3) is 0 Å². The quantitative estimate of drug-likeness (QED) is 0.930. The number of carbonyl (C=O) groups is 2. The van der Waals surface area contributed by atoms with E-state index in [-0.39, 0.29) is 24.1 Å². The molecule has 1 aliphatic rings. The lowest BCUT2D eigenvalue weighted by atomic mass is 10.1. The third kappa shape index (κ3) is 3.87. The highest BCUT2D eigenvalue weighted by Crippen LogP contribution is 2.24. The topological polar surface area (TPSA) is 49.4 Å². The van der Waals surface area contributed by atoms with Crippen LogP contribution in [0, 0.1) is 19.7 Å². The van der Waals surface area contributed by atoms with Crippen LogP contribution in [0.25, 0.3) is 0 Å². The van der Waals surface area contributed by atoms with Crippen LogP contribution in [0.2, 0.25) is 0 Å². The minimum atomic E-state index is -0.505. The highest BCUT2D eigenvalue weighted by atomic mass is 19.1. The highest BCUT2D eigenvalue weighted by molar-refractivity contribution is 6.01. The van der Waals surface area contributed by atoms with Gasteiger partial charge in [-0.15, -0.1) is 0 Å². The standard InChI is InChI=1S/C20H21FN2O2/c1-13-3-8-17(11-14(13)2)23-10-9-18(20(23)25)22-19(24)12-15-4-6-16(21)7-5-15/h3-8,11,18H,9-10,12H2,1-2H3,(H,22,24). The van der Waals surface area contributed by atoms with Crippen LogP contribution in [-0.2, 0) is 16.0 Å². The predicted octanol–water partition coefficient (Wildman–Crippen LogP) is 2.91. The van der Waals surface area contributed by atoms with Crippen LogP contribution in [0.1, 0.15) is 23.1 Å². The molecule has 2 aromatic carbocycles. The zero-order valence-electron chi connectivity index (χ0n) is 14.4. The van der Waals surface area contributed by atoms with Crippen molar-refractivity contribution in [2.24, 2.45) is 0 Å². The summed E-state index contributed by atoms with van der Waals surface area (Å²) in [5.74, 6) is -0.651. The van der Waals surface area contributed by atoms with Crippen LogP contribution in [0.5, 0.6) is 0 Å². The predicted molar refractivity (Wildman–Crippen MR) is 94.9 cm³/mol. The van der Waals surface area contributed by atoms with Gasteiger partial charge in [0.2, 0.25) is 11.8 Å². The van der Waals surface area contributed by atoms with E-state index in [0.717, 1.165) is 16.8 Å². The Balaban J connectivity index is 1.62. The Morgan fingerprint density at radius 1 is 1.16 bits per heavy atom. The van der Waals surface area contributed by atoms with Crippen molar-refractivity contribution in [2.45, 2.75) is 32.7 Å². The lowest BCUT2D eigenvalue weighted by Crippen LogP contribution is -2.42. The van der Waals surface area contributed by atoms with Crippen LogP contribution < -0.4 is 10.2 Å². The van der Waals surface area contributed by atoms with Crippen LogP contribution >= 0.6 is 0 Å². The van der Waals surface area contributed by atoms with Crippen LogP contribution in [-0.4, -0.2) is 24.4 Å². The summed E-state index contributed by atoms with van der Waals surface area (Å²) in [5, 5.41) is 2.79. The van der Waals surface area contributed by atoms with Crippen molar-refractivity contribution in [3.63, 3.8) is 0 Å². The lowest BCUT2D eigenvalue weighted by molar-refractivity contribution is -0.126. The molecule has 1 atom stereocenters. The molecule has 1 saturated heterocycles. The minimum absolute atomic E-state index is 0.0873. The van der Waals surface area contributed by atoms with E-state index in [0.29, 0.717) is 13.0 Å². The first-order valence-corrected chi connectivity index (χ1v) is 8.36. The second kappa shape index (κ2) is 7.05. The van der Waals surface area contributed by atoms with Crippen molar-refractivity contribution in [2.75, 3.05) is 11.4 Å². The number of halogens is 1. The molecule has 1 fully saturated rings. The first kappa shape index (κ1) is 17.1. The molecule has 130 valence electrons. The number of anilines is 1. The zero-order valence-corrected chi connectivity index (χ0v) is 14.4. The van der Waals surface area contributed by atoms with Gasteiger partial charge in [-0.2, -0.15) is 0 Å². The van der Waals surface area contributed by atoms with Crippen LogP contribution in [0.3, 0.4) is 0 Å². The number of nitrogens with zero attached hydrogens (tertiary/aromatic N) is 1. The number of amides is 2. The van der Waals surface area contributed by atoms with E-state index in [4.69, 9.17) is 0 Å². The van der Waals surface area contributed by atoms with Crippen LogP contribution in [0.4, 0.5) is 10.1 Å². The maximum atomic E-state index is 12.9. The molecule has 2 amide bonds. The van der Waals surface area contributed by atoms with Crippen molar-refractivity contribution in [3.8, 4) is 0 Å². The van der Waals surface area contributed by atoms with Crippen molar-refractivity contribution in [1.29, 1.82) is 0 Å². The van der Waals surface area contributed by atoms with Gasteiger partial charge in [0.05, 0.1) is 6.42 Å². The van der Waals surface area contributed by atoms with E-state index in [1.807, 2.05) is 32.0 Å². The third-order valence-corrected chi connectivity index (χ3v) is 4.62. The molecule has 1 unspecified atom stereocenters. The normalized spacial score (nSPS) is 17.0. The summed E-state index contributed by atoms with van der Waals surface area (Å²) in [7, 11) is 0. The van der Waals surface area contributed by atoms with Crippen molar-refractivity contribution in [1.82, 2.24) is 5.32 Å². The number of hydrogen-bond donors (Lipinski definition) is 1. The van der Waals surface area contributed by atoms with Crippen molar-refractivity contribution < 1.29 is 14.0 Å². The smallest absolute Gasteiger partial charge is 0.249 e. The molecule has 2 aromatic rings. The van der Waals surface area contributed by atoms with Crippen LogP contribution in [0.15, 0.2) is 42.5 Å². The van der Waals surface area contributed by atoms with Gasteiger partial charge in [-0.3, -0.25) is 9.59 Å². The summed E-state index contributed by atoms with van der Waals surface area (Å²) in [4.78, 5) is 26.5. The molecule has 0 radical (unpaired) electrons. The summed E-state index contributed by atoms with van der Waals surface area (Å²) in [5.41, 5.74) is 3.90. The molecule has 25 heavy (non-hydrogen) atoms. The van der Waals surface area contributed by atoms with Gasteiger partial charge in [0.1, 0.15) is 11.9 Å². The molecule has 0 aromatic heterocycles. The second-order valence-corrected chi connectivity index (χ2v) is 6.47. The molecule has 1 heterocycles. The molecule has 1 N–H and O–H groups in total. The molecule has 0 spiro atoms. The van der Waals surface area contributed by atoms with Crippen molar-refractivity contribution >= 4 is 17.5 Å². The van der Waals surface area contributed by atoms with Gasteiger partial charge >= 0.3 is 0 Å². The maximum Gasteiger partial charge on any atom is 0.249 e. The Morgan fingerprint density at radius 3 is 2.56 bits per heavy atom. The van der Waals surface area contributed by atoms with E-state index < -0.39 is 6.04 Å². The fourth-order valence-corrected chi connectivity index (χ4v) is 3.00. The first-order chi connectivity index (χ1) is 11.9. The Kier molecular flexibility index (Phi) is 4.83. The number of carbonyl (C=O) groups excluding carboxylic acids is 2. The monoisotopic (exact) mass is 340 g/mol. The van der Waals surface area contributed by atoms with Gasteiger partial charge in [0.15, 0.2) is 0 Å². The number of benzene rings is 2. The van der Waals surface area contributed by atoms with Crippen molar-refractivity contribution in [3.05, 3.63) is 65.0 Å². The fourth-order valence-electron chi connectivity index (χ4n) is 3.00. The Hall–Kier alpha value is -2.69. The minimum Gasteiger partial charge on any atom is -0.344 e. The Labute approximate surface area is 146 Å². The van der Waals surface area contributed by atoms with E-state index in [2.05, 4.69) is 5.32 Å². The van der Waals surface area contributed by atoms with E-state index in [1.165, 1.54) is 17.7 Å². The second-order valence-electron chi connectivity index (χ2n) is 6.47. The largest absolute Gasteiger partial charge is 0.344 e. The Morgan fingerprint density at radius 2 is 1.88 bits per heavy atom. The fraction of sp³-hybridized carbons (Fsp3) is 0.300. The lowest BCUT2D eigenvalue weighted by Gasteiger charge is -2.18. The Bertz CT molecular complexity index is 802. The molecule has 0 saturated carbocycles. The zero-order chi connectivity index (χ0) is 18.0. The maximum absolute atomic E-state index is 12.9. The first-order valence-electron chi connectivity index (χ1n) is 8.36. The molecule has 5 heteroatoms. The SMILES string of the molecule is Cc1ccc(N2CCC(NC(=O)Cc3ccc(F)cc3)C2=O)cc1C. The number of aryl methyl sites for hydroxylation is 2. The summed E-state index contributed by atoms with van der Waals surface area (Å²) >= 11 is 0. The molecule has 3 rings (SSSR count). The van der Waals surface area contributed by atoms with Gasteiger partial charge in [-0.25, -0.2) is 4.39 Å². The summed E-state index contributed by atoms with van der Waals surface area (Å²) in [6.07, 6.45) is 0.717. The molecule has 0 aliphatic carbocycles. The van der Waals surface area contributed by atoms with E-state index >= 15 is 0 Å². The van der Waals surface area contributed by atoms with E-state index in [1.54, 1.807) is 17.0 Å². The van der Waals surface area contributed by atoms with Gasteiger partial charge in [-0.1, -0.05) is 18.2 Å². The average molecular weight is 340 g/mol. The number of rotatable bonds is 4. The van der Waals surface area contributed by atoms with Gasteiger partial charge in [0, 0.05) is 12.2 Å². The summed E-state index contributed by atoms with van der Waals surface area (Å²) < 4.78 is 12.9. The number of hydrogen-bond acceptors (Lipinski definition) is 2. The van der Waals surface area contributed by atoms with E-state index in [9.17, 15) is 14.0 Å². The molecular formula is C20H21FN2O2. The summed E-state index contributed by atoms with van der Waals surface area (Å²) in [6.45, 7) is 4.63.